The van der Waals surface area contributed by atoms with Gasteiger partial charge in [0.05, 0.1) is 12.1 Å². The normalized spacial score (nSPS) is 15.2. The van der Waals surface area contributed by atoms with Crippen LogP contribution in [-0.2, 0) is 11.3 Å². The molecule has 1 aliphatic rings. The number of thiazole rings is 1. The van der Waals surface area contributed by atoms with E-state index in [-0.39, 0.29) is 42.8 Å². The van der Waals surface area contributed by atoms with Gasteiger partial charge in [0.2, 0.25) is 0 Å². The number of piperidine rings is 1. The van der Waals surface area contributed by atoms with Crippen molar-refractivity contribution in [2.45, 2.75) is 19.4 Å². The molecule has 0 aliphatic carbocycles. The van der Waals surface area contributed by atoms with Gasteiger partial charge in [-0.25, -0.2) is 13.2 Å². The Morgan fingerprint density at radius 3 is 2.50 bits per heavy atom. The van der Waals surface area contributed by atoms with Crippen LogP contribution in [0.25, 0.3) is 0 Å². The number of rotatable bonds is 4. The molecule has 4 rings (SSSR count). The van der Waals surface area contributed by atoms with E-state index in [4.69, 9.17) is 0 Å². The maximum absolute atomic E-state index is 14.0. The van der Waals surface area contributed by atoms with Gasteiger partial charge in [-0.2, -0.15) is 4.99 Å². The van der Waals surface area contributed by atoms with E-state index in [9.17, 15) is 22.8 Å². The number of amides is 2. The van der Waals surface area contributed by atoms with Crippen LogP contribution in [0.15, 0.2) is 59.0 Å². The van der Waals surface area contributed by atoms with Crippen molar-refractivity contribution in [3.63, 3.8) is 0 Å². The van der Waals surface area contributed by atoms with E-state index < -0.39 is 17.5 Å². The summed E-state index contributed by atoms with van der Waals surface area (Å²) >= 11 is 1.29. The fourth-order valence-corrected chi connectivity index (χ4v) is 4.40. The molecule has 0 spiro atoms. The Hall–Kier alpha value is -3.20. The largest absolute Gasteiger partial charge is 0.339 e. The second kappa shape index (κ2) is 9.52. The Morgan fingerprint density at radius 1 is 1.03 bits per heavy atom. The first-order chi connectivity index (χ1) is 15.4. The number of aromatic nitrogens is 1. The summed E-state index contributed by atoms with van der Waals surface area (Å²) in [6.07, 6.45) is 2.55. The fourth-order valence-electron chi connectivity index (χ4n) is 3.67. The highest BCUT2D eigenvalue weighted by Crippen LogP contribution is 2.21. The molecule has 2 heterocycles. The molecule has 166 valence electrons. The smallest absolute Gasteiger partial charge is 0.256 e. The topological polar surface area (TPSA) is 54.7 Å². The van der Waals surface area contributed by atoms with Crippen LogP contribution >= 0.6 is 11.3 Å². The Balaban J connectivity index is 1.41. The number of carbonyl (C=O) groups excluding carboxylic acids is 2. The number of halogens is 3. The Bertz CT molecular complexity index is 1210. The predicted octanol–water partition coefficient (Wildman–Crippen LogP) is 3.99. The second-order valence-corrected chi connectivity index (χ2v) is 8.42. The van der Waals surface area contributed by atoms with Gasteiger partial charge in [0.25, 0.3) is 11.8 Å². The minimum Gasteiger partial charge on any atom is -0.339 e. The Labute approximate surface area is 186 Å². The Kier molecular flexibility index (Phi) is 6.55. The molecule has 3 aromatic rings. The molecule has 5 nitrogen and oxygen atoms in total. The van der Waals surface area contributed by atoms with Crippen LogP contribution in [0.1, 0.15) is 28.8 Å². The van der Waals surface area contributed by atoms with Gasteiger partial charge in [-0.3, -0.25) is 9.59 Å². The van der Waals surface area contributed by atoms with Crippen LogP contribution in [0.3, 0.4) is 0 Å². The molecule has 2 aromatic carbocycles. The highest BCUT2D eigenvalue weighted by Gasteiger charge is 2.29. The van der Waals surface area contributed by atoms with Crippen molar-refractivity contribution in [2.24, 2.45) is 10.9 Å². The molecule has 0 radical (unpaired) electrons. The molecule has 0 unspecified atom stereocenters. The van der Waals surface area contributed by atoms with Crippen LogP contribution in [0.5, 0.6) is 0 Å². The van der Waals surface area contributed by atoms with Crippen molar-refractivity contribution >= 4 is 23.2 Å². The van der Waals surface area contributed by atoms with Crippen LogP contribution in [0.2, 0.25) is 0 Å². The number of benzene rings is 2. The molecule has 9 heteroatoms. The fraction of sp³-hybridized carbons (Fsp3) is 0.261. The maximum Gasteiger partial charge on any atom is 0.256 e. The molecule has 1 aromatic heterocycles. The first kappa shape index (κ1) is 22.0. The highest BCUT2D eigenvalue weighted by atomic mass is 32.1. The van der Waals surface area contributed by atoms with Crippen molar-refractivity contribution in [1.82, 2.24) is 9.47 Å². The summed E-state index contributed by atoms with van der Waals surface area (Å²) in [7, 11) is 0. The number of likely N-dealkylation sites (tertiary alicyclic amines) is 1. The molecule has 1 fully saturated rings. The van der Waals surface area contributed by atoms with Crippen LogP contribution in [0.4, 0.5) is 13.2 Å². The van der Waals surface area contributed by atoms with E-state index >= 15 is 0 Å². The number of nitrogens with zero attached hydrogens (tertiary/aromatic N) is 3. The molecule has 2 amide bonds. The van der Waals surface area contributed by atoms with Gasteiger partial charge in [0.1, 0.15) is 17.5 Å². The molecule has 32 heavy (non-hydrogen) atoms. The summed E-state index contributed by atoms with van der Waals surface area (Å²) in [5, 5.41) is 1.78. The lowest BCUT2D eigenvalue weighted by atomic mass is 9.95. The average molecular weight is 459 g/mol. The maximum atomic E-state index is 14.0. The molecule has 1 aliphatic heterocycles. The minimum absolute atomic E-state index is 0.186. The van der Waals surface area contributed by atoms with E-state index in [1.165, 1.54) is 22.3 Å². The first-order valence-corrected chi connectivity index (χ1v) is 11.0. The quantitative estimate of drug-likeness (QED) is 0.592. The molecule has 0 saturated carbocycles. The van der Waals surface area contributed by atoms with Crippen molar-refractivity contribution in [1.29, 1.82) is 0 Å². The third kappa shape index (κ3) is 4.83. The van der Waals surface area contributed by atoms with Crippen molar-refractivity contribution in [2.75, 3.05) is 13.1 Å². The van der Waals surface area contributed by atoms with Crippen molar-refractivity contribution in [3.05, 3.63) is 87.4 Å². The molecular formula is C23H20F3N3O2S. The van der Waals surface area contributed by atoms with E-state index in [2.05, 4.69) is 4.99 Å². The lowest BCUT2D eigenvalue weighted by Gasteiger charge is -2.30. The number of hydrogen-bond acceptors (Lipinski definition) is 3. The summed E-state index contributed by atoms with van der Waals surface area (Å²) in [5.41, 5.74) is 0.313. The van der Waals surface area contributed by atoms with E-state index in [0.29, 0.717) is 29.3 Å². The van der Waals surface area contributed by atoms with Gasteiger partial charge in [-0.05, 0) is 31.0 Å². The molecule has 0 N–H and O–H groups in total. The zero-order chi connectivity index (χ0) is 22.7. The van der Waals surface area contributed by atoms with Gasteiger partial charge in [-0.1, -0.05) is 18.2 Å². The molecular weight excluding hydrogens is 439 g/mol. The molecule has 0 bridgehead atoms. The summed E-state index contributed by atoms with van der Waals surface area (Å²) in [5.74, 6) is -3.15. The minimum atomic E-state index is -0.902. The van der Waals surface area contributed by atoms with Gasteiger partial charge in [0.15, 0.2) is 4.80 Å². The van der Waals surface area contributed by atoms with Gasteiger partial charge in [0, 0.05) is 42.2 Å². The van der Waals surface area contributed by atoms with Gasteiger partial charge in [-0.15, -0.1) is 11.3 Å². The molecule has 0 atom stereocenters. The van der Waals surface area contributed by atoms with Crippen LogP contribution in [0, 0.1) is 23.4 Å². The second-order valence-electron chi connectivity index (χ2n) is 7.55. The van der Waals surface area contributed by atoms with Gasteiger partial charge < -0.3 is 9.47 Å². The van der Waals surface area contributed by atoms with Crippen molar-refractivity contribution in [3.8, 4) is 0 Å². The lowest BCUT2D eigenvalue weighted by Crippen LogP contribution is -2.40. The van der Waals surface area contributed by atoms with E-state index in [1.807, 2.05) is 0 Å². The monoisotopic (exact) mass is 459 g/mol. The summed E-state index contributed by atoms with van der Waals surface area (Å²) in [6, 6.07) is 9.29. The van der Waals surface area contributed by atoms with E-state index in [0.717, 1.165) is 12.1 Å². The van der Waals surface area contributed by atoms with Crippen LogP contribution in [-0.4, -0.2) is 34.4 Å². The summed E-state index contributed by atoms with van der Waals surface area (Å²) < 4.78 is 42.7. The highest BCUT2D eigenvalue weighted by molar-refractivity contribution is 7.07. The van der Waals surface area contributed by atoms with Crippen molar-refractivity contribution < 1.29 is 22.8 Å². The number of hydrogen-bond donors (Lipinski definition) is 0. The standard InChI is InChI=1S/C23H20F3N3O2S/c24-17-5-6-18(20(26)13-17)22(31)28-9-7-15(8-10-28)21(30)27-23-29(11-12-32-23)14-16-3-1-2-4-19(16)25/h1-6,11-13,15H,7-10,14H2. The number of carbonyl (C=O) groups is 2. The predicted molar refractivity (Wildman–Crippen MR) is 113 cm³/mol. The lowest BCUT2D eigenvalue weighted by molar-refractivity contribution is -0.123. The SMILES string of the molecule is O=C(N=c1sccn1Cc1ccccc1F)C1CCN(C(=O)c2ccc(F)cc2F)CC1. The third-order valence-electron chi connectivity index (χ3n) is 5.46. The zero-order valence-electron chi connectivity index (χ0n) is 17.0. The summed E-state index contributed by atoms with van der Waals surface area (Å²) in [6.45, 7) is 0.820. The van der Waals surface area contributed by atoms with Gasteiger partial charge >= 0.3 is 0 Å². The molecule has 1 saturated heterocycles. The first-order valence-electron chi connectivity index (χ1n) is 10.1. The van der Waals surface area contributed by atoms with Crippen LogP contribution < -0.4 is 4.80 Å². The summed E-state index contributed by atoms with van der Waals surface area (Å²) in [4.78, 5) is 31.4. The third-order valence-corrected chi connectivity index (χ3v) is 6.25. The van der Waals surface area contributed by atoms with E-state index in [1.54, 1.807) is 34.3 Å². The zero-order valence-corrected chi connectivity index (χ0v) is 17.8. The Morgan fingerprint density at radius 2 is 1.78 bits per heavy atom. The average Bonchev–Trinajstić information content (AvgIpc) is 3.21.